The van der Waals surface area contributed by atoms with Gasteiger partial charge in [-0.2, -0.15) is 0 Å². The number of benzene rings is 1. The van der Waals surface area contributed by atoms with Gasteiger partial charge in [0, 0.05) is 17.1 Å². The number of nitrogens with zero attached hydrogens (tertiary/aromatic N) is 1. The molecule has 1 nitrogen and oxygen atoms in total. The zero-order valence-electron chi connectivity index (χ0n) is 8.98. The fourth-order valence-electron chi connectivity index (χ4n) is 2.48. The molecule has 16 heavy (non-hydrogen) atoms. The Morgan fingerprint density at radius 2 is 2.12 bits per heavy atom. The first-order valence-electron chi connectivity index (χ1n) is 5.44. The van der Waals surface area contributed by atoms with Crippen molar-refractivity contribution >= 4 is 22.5 Å². The smallest absolute Gasteiger partial charge is 0.125 e. The number of hydrogen-bond acceptors (Lipinski definition) is 1. The van der Waals surface area contributed by atoms with Crippen LogP contribution in [0.5, 0.6) is 0 Å². The predicted octanol–water partition coefficient (Wildman–Crippen LogP) is 3.82. The van der Waals surface area contributed by atoms with Crippen molar-refractivity contribution in [1.82, 2.24) is 4.98 Å². The lowest BCUT2D eigenvalue weighted by atomic mass is 10.1. The molecule has 0 aliphatic heterocycles. The van der Waals surface area contributed by atoms with Crippen LogP contribution in [0.25, 0.3) is 10.9 Å². The van der Waals surface area contributed by atoms with Crippen LogP contribution in [-0.4, -0.2) is 4.98 Å². The number of aryl methyl sites for hydroxylation is 2. The van der Waals surface area contributed by atoms with Gasteiger partial charge in [0.25, 0.3) is 0 Å². The maximum Gasteiger partial charge on any atom is 0.125 e. The summed E-state index contributed by atoms with van der Waals surface area (Å²) < 4.78 is 13.3. The van der Waals surface area contributed by atoms with Crippen LogP contribution in [0, 0.1) is 12.7 Å². The second kappa shape index (κ2) is 3.42. The molecule has 82 valence electrons. The molecule has 3 heteroatoms. The summed E-state index contributed by atoms with van der Waals surface area (Å²) in [5.74, 6) is -0.244. The van der Waals surface area contributed by atoms with Gasteiger partial charge in [0.2, 0.25) is 0 Å². The SMILES string of the molecule is Cc1cc(F)cc2nc3c(c(Cl)c12)CCC3. The zero-order chi connectivity index (χ0) is 11.3. The molecule has 1 aromatic carbocycles. The third-order valence-corrected chi connectivity index (χ3v) is 3.63. The van der Waals surface area contributed by atoms with Crippen LogP contribution < -0.4 is 0 Å². The van der Waals surface area contributed by atoms with Gasteiger partial charge in [-0.05, 0) is 43.4 Å². The molecule has 1 heterocycles. The Balaban J connectivity index is 2.46. The van der Waals surface area contributed by atoms with Crippen molar-refractivity contribution in [3.05, 3.63) is 39.8 Å². The fraction of sp³-hybridized carbons (Fsp3) is 0.308. The van der Waals surface area contributed by atoms with Crippen molar-refractivity contribution in [2.75, 3.05) is 0 Å². The Morgan fingerprint density at radius 3 is 2.94 bits per heavy atom. The molecule has 1 aliphatic rings. The van der Waals surface area contributed by atoms with Gasteiger partial charge >= 0.3 is 0 Å². The Hall–Kier alpha value is -1.15. The summed E-state index contributed by atoms with van der Waals surface area (Å²) >= 11 is 6.38. The van der Waals surface area contributed by atoms with Gasteiger partial charge in [-0.25, -0.2) is 4.39 Å². The Kier molecular flexibility index (Phi) is 2.15. The molecule has 0 N–H and O–H groups in total. The minimum atomic E-state index is -0.244. The molecule has 1 aliphatic carbocycles. The van der Waals surface area contributed by atoms with Crippen LogP contribution >= 0.6 is 11.6 Å². The summed E-state index contributed by atoms with van der Waals surface area (Å²) in [7, 11) is 0. The van der Waals surface area contributed by atoms with Gasteiger partial charge in [-0.1, -0.05) is 11.6 Å². The lowest BCUT2D eigenvalue weighted by molar-refractivity contribution is 0.628. The first-order chi connectivity index (χ1) is 7.66. The topological polar surface area (TPSA) is 12.9 Å². The molecule has 0 atom stereocenters. The average Bonchev–Trinajstić information content (AvgIpc) is 2.64. The van der Waals surface area contributed by atoms with Crippen LogP contribution in [0.2, 0.25) is 5.02 Å². The van der Waals surface area contributed by atoms with Crippen molar-refractivity contribution in [2.45, 2.75) is 26.2 Å². The van der Waals surface area contributed by atoms with Crippen molar-refractivity contribution in [3.8, 4) is 0 Å². The number of rotatable bonds is 0. The van der Waals surface area contributed by atoms with E-state index in [-0.39, 0.29) is 5.82 Å². The summed E-state index contributed by atoms with van der Waals surface area (Å²) in [6.45, 7) is 1.88. The number of fused-ring (bicyclic) bond motifs is 2. The molecule has 0 saturated heterocycles. The molecule has 0 unspecified atom stereocenters. The van der Waals surface area contributed by atoms with Gasteiger partial charge < -0.3 is 0 Å². The number of hydrogen-bond donors (Lipinski definition) is 0. The Labute approximate surface area is 98.3 Å². The van der Waals surface area contributed by atoms with Crippen molar-refractivity contribution in [2.24, 2.45) is 0 Å². The van der Waals surface area contributed by atoms with Gasteiger partial charge in [0.05, 0.1) is 10.5 Å². The highest BCUT2D eigenvalue weighted by atomic mass is 35.5. The minimum absolute atomic E-state index is 0.244. The molecule has 0 amide bonds. The molecule has 0 fully saturated rings. The van der Waals surface area contributed by atoms with E-state index in [2.05, 4.69) is 4.98 Å². The Morgan fingerprint density at radius 1 is 1.31 bits per heavy atom. The minimum Gasteiger partial charge on any atom is -0.252 e. The highest BCUT2D eigenvalue weighted by molar-refractivity contribution is 6.36. The van der Waals surface area contributed by atoms with E-state index < -0.39 is 0 Å². The fourth-order valence-corrected chi connectivity index (χ4v) is 2.93. The molecule has 1 aromatic heterocycles. The molecule has 0 radical (unpaired) electrons. The quantitative estimate of drug-likeness (QED) is 0.676. The summed E-state index contributed by atoms with van der Waals surface area (Å²) in [5, 5.41) is 1.68. The van der Waals surface area contributed by atoms with E-state index in [9.17, 15) is 4.39 Å². The van der Waals surface area contributed by atoms with Gasteiger partial charge in [0.15, 0.2) is 0 Å². The van der Waals surface area contributed by atoms with Crippen molar-refractivity contribution < 1.29 is 4.39 Å². The first kappa shape index (κ1) is 10.0. The van der Waals surface area contributed by atoms with Crippen LogP contribution in [0.1, 0.15) is 23.2 Å². The normalized spacial score (nSPS) is 14.4. The van der Waals surface area contributed by atoms with E-state index in [0.717, 1.165) is 46.5 Å². The molecule has 0 bridgehead atoms. The number of aromatic nitrogens is 1. The molecule has 2 aromatic rings. The van der Waals surface area contributed by atoms with E-state index in [1.807, 2.05) is 6.92 Å². The maximum atomic E-state index is 13.3. The standard InChI is InChI=1S/C13H11ClFN/c1-7-5-8(15)6-11-12(7)13(14)9-3-2-4-10(9)16-11/h5-6H,2-4H2,1H3. The second-order valence-corrected chi connectivity index (χ2v) is 4.70. The lowest BCUT2D eigenvalue weighted by Crippen LogP contribution is -1.94. The largest absolute Gasteiger partial charge is 0.252 e. The van der Waals surface area contributed by atoms with Crippen LogP contribution in [0.15, 0.2) is 12.1 Å². The lowest BCUT2D eigenvalue weighted by Gasteiger charge is -2.09. The second-order valence-electron chi connectivity index (χ2n) is 4.32. The summed E-state index contributed by atoms with van der Waals surface area (Å²) in [5.41, 5.74) is 3.75. The summed E-state index contributed by atoms with van der Waals surface area (Å²) in [6, 6.07) is 2.98. The van der Waals surface area contributed by atoms with Crippen LogP contribution in [0.3, 0.4) is 0 Å². The summed E-state index contributed by atoms with van der Waals surface area (Å²) in [6.07, 6.45) is 3.05. The van der Waals surface area contributed by atoms with E-state index in [1.165, 1.54) is 12.1 Å². The third kappa shape index (κ3) is 1.33. The first-order valence-corrected chi connectivity index (χ1v) is 5.81. The zero-order valence-corrected chi connectivity index (χ0v) is 9.74. The van der Waals surface area contributed by atoms with E-state index in [1.54, 1.807) is 0 Å². The van der Waals surface area contributed by atoms with E-state index in [4.69, 9.17) is 11.6 Å². The van der Waals surface area contributed by atoms with Gasteiger partial charge in [0.1, 0.15) is 5.82 Å². The highest BCUT2D eigenvalue weighted by Crippen LogP contribution is 2.35. The molecule has 0 spiro atoms. The van der Waals surface area contributed by atoms with E-state index >= 15 is 0 Å². The maximum absolute atomic E-state index is 13.3. The van der Waals surface area contributed by atoms with Crippen LogP contribution in [0.4, 0.5) is 4.39 Å². The predicted molar refractivity (Wildman–Crippen MR) is 63.5 cm³/mol. The Bertz CT molecular complexity index is 592. The molecule has 3 rings (SSSR count). The third-order valence-electron chi connectivity index (χ3n) is 3.21. The number of pyridine rings is 1. The van der Waals surface area contributed by atoms with Gasteiger partial charge in [-0.3, -0.25) is 4.98 Å². The summed E-state index contributed by atoms with van der Waals surface area (Å²) in [4.78, 5) is 4.51. The van der Waals surface area contributed by atoms with Crippen molar-refractivity contribution in [3.63, 3.8) is 0 Å². The molecular weight excluding hydrogens is 225 g/mol. The van der Waals surface area contributed by atoms with Crippen molar-refractivity contribution in [1.29, 1.82) is 0 Å². The number of halogens is 2. The van der Waals surface area contributed by atoms with Gasteiger partial charge in [-0.15, -0.1) is 0 Å². The highest BCUT2D eigenvalue weighted by Gasteiger charge is 2.19. The molecular formula is C13H11ClFN. The molecule has 0 saturated carbocycles. The van der Waals surface area contributed by atoms with Crippen LogP contribution in [-0.2, 0) is 12.8 Å². The van der Waals surface area contributed by atoms with E-state index in [0.29, 0.717) is 5.52 Å². The average molecular weight is 236 g/mol. The monoisotopic (exact) mass is 235 g/mol.